The number of unbranched alkanes of at least 4 members (excludes halogenated alkanes) is 2. The fraction of sp³-hybridized carbons (Fsp3) is 0.0976. The van der Waals surface area contributed by atoms with E-state index in [-0.39, 0.29) is 0 Å². The van der Waals surface area contributed by atoms with Crippen LogP contribution in [0.1, 0.15) is 50.7 Å². The van der Waals surface area contributed by atoms with E-state index in [2.05, 4.69) is 327 Å². The molecule has 84 heavy (non-hydrogen) atoms. The van der Waals surface area contributed by atoms with Crippen LogP contribution in [-0.2, 0) is 12.8 Å². The van der Waals surface area contributed by atoms with Crippen LogP contribution in [-0.4, -0.2) is 0 Å². The minimum atomic E-state index is 1.05. The number of benzene rings is 13. The molecule has 13 aromatic carbocycles. The van der Waals surface area contributed by atoms with Gasteiger partial charge >= 0.3 is 0 Å². The molecule has 0 amide bonds. The third-order valence-electron chi connectivity index (χ3n) is 16.6. The van der Waals surface area contributed by atoms with Gasteiger partial charge in [0, 0.05) is 33.5 Å². The Morgan fingerprint density at radius 1 is 0.214 bits per heavy atom. The Balaban J connectivity index is 1.01. The van der Waals surface area contributed by atoms with Crippen LogP contribution in [0, 0.1) is 0 Å². The van der Waals surface area contributed by atoms with Gasteiger partial charge in [0.05, 0.1) is 11.4 Å². The van der Waals surface area contributed by atoms with Gasteiger partial charge in [0.25, 0.3) is 0 Å². The first kappa shape index (κ1) is 53.3. The number of anilines is 6. The Kier molecular flexibility index (Phi) is 15.6. The number of rotatable bonds is 18. The van der Waals surface area contributed by atoms with Gasteiger partial charge in [0.2, 0.25) is 0 Å². The van der Waals surface area contributed by atoms with E-state index in [0.29, 0.717) is 0 Å². The summed E-state index contributed by atoms with van der Waals surface area (Å²) >= 11 is 0. The molecule has 0 saturated carbocycles. The van der Waals surface area contributed by atoms with Crippen molar-refractivity contribution in [3.05, 3.63) is 314 Å². The molecule has 0 N–H and O–H groups in total. The minimum Gasteiger partial charge on any atom is -0.308 e. The third kappa shape index (κ3) is 11.2. The SMILES string of the molecule is CCCCc1ccc(-c2ccc(N(c3ccc(-c4cccc(-c5ccccc5)c4)cc3)c3c(N(c4ccc(-c5ccc(CCCC)cc5)cc4)c4ccc(-c5cccc(-c6ccccc6)c5)cc4)c4ccccc4c4ccccc34)cc2)cc1. The molecule has 0 aliphatic carbocycles. The van der Waals surface area contributed by atoms with Crippen molar-refractivity contribution in [2.45, 2.75) is 52.4 Å². The second-order valence-electron chi connectivity index (χ2n) is 22.1. The summed E-state index contributed by atoms with van der Waals surface area (Å²) in [4.78, 5) is 5.02. The van der Waals surface area contributed by atoms with Crippen LogP contribution in [0.15, 0.2) is 303 Å². The fourth-order valence-electron chi connectivity index (χ4n) is 12.1. The van der Waals surface area contributed by atoms with Gasteiger partial charge in [-0.15, -0.1) is 0 Å². The molecule has 2 heteroatoms. The summed E-state index contributed by atoms with van der Waals surface area (Å²) in [5, 5.41) is 4.68. The smallest absolute Gasteiger partial charge is 0.0788 e. The second kappa shape index (κ2) is 24.6. The van der Waals surface area contributed by atoms with Crippen LogP contribution in [0.3, 0.4) is 0 Å². The van der Waals surface area contributed by atoms with Crippen molar-refractivity contribution in [3.63, 3.8) is 0 Å². The first-order valence-electron chi connectivity index (χ1n) is 30.0. The molecule has 13 aromatic rings. The molecule has 2 nitrogen and oxygen atoms in total. The van der Waals surface area contributed by atoms with Crippen LogP contribution in [0.4, 0.5) is 34.1 Å². The van der Waals surface area contributed by atoms with E-state index < -0.39 is 0 Å². The highest BCUT2D eigenvalue weighted by molar-refractivity contribution is 6.23. The molecule has 0 heterocycles. The maximum absolute atomic E-state index is 2.51. The Morgan fingerprint density at radius 3 is 0.750 bits per heavy atom. The zero-order chi connectivity index (χ0) is 56.6. The van der Waals surface area contributed by atoms with Gasteiger partial charge in [-0.05, 0) is 175 Å². The van der Waals surface area contributed by atoms with Crippen molar-refractivity contribution in [1.82, 2.24) is 0 Å². The number of nitrogens with zero attached hydrogens (tertiary/aromatic N) is 2. The van der Waals surface area contributed by atoms with E-state index in [1.165, 1.54) is 103 Å². The highest BCUT2D eigenvalue weighted by Gasteiger charge is 2.28. The summed E-state index contributed by atoms with van der Waals surface area (Å²) in [6.07, 6.45) is 6.97. The average Bonchev–Trinajstić information content (AvgIpc) is 3.03. The van der Waals surface area contributed by atoms with E-state index in [0.717, 1.165) is 68.9 Å². The van der Waals surface area contributed by atoms with E-state index in [9.17, 15) is 0 Å². The van der Waals surface area contributed by atoms with Crippen molar-refractivity contribution in [2.24, 2.45) is 0 Å². The first-order chi connectivity index (χ1) is 41.6. The Morgan fingerprint density at radius 2 is 0.452 bits per heavy atom. The van der Waals surface area contributed by atoms with E-state index in [1.807, 2.05) is 0 Å². The Labute approximate surface area is 496 Å². The molecule has 0 radical (unpaired) electrons. The first-order valence-corrected chi connectivity index (χ1v) is 30.0. The van der Waals surface area contributed by atoms with Crippen molar-refractivity contribution in [1.29, 1.82) is 0 Å². The molecular formula is C82H68N2. The lowest BCUT2D eigenvalue weighted by molar-refractivity contribution is 0.795. The topological polar surface area (TPSA) is 6.48 Å². The van der Waals surface area contributed by atoms with Crippen molar-refractivity contribution < 1.29 is 0 Å². The van der Waals surface area contributed by atoms with Crippen molar-refractivity contribution in [2.75, 3.05) is 9.80 Å². The summed E-state index contributed by atoms with van der Waals surface area (Å²) < 4.78 is 0. The van der Waals surface area contributed by atoms with Gasteiger partial charge in [-0.25, -0.2) is 0 Å². The van der Waals surface area contributed by atoms with Crippen LogP contribution in [0.5, 0.6) is 0 Å². The minimum absolute atomic E-state index is 1.05. The van der Waals surface area contributed by atoms with E-state index >= 15 is 0 Å². The predicted octanol–water partition coefficient (Wildman–Crippen LogP) is 23.6. The maximum atomic E-state index is 2.51. The van der Waals surface area contributed by atoms with Gasteiger partial charge < -0.3 is 9.80 Å². The molecule has 0 unspecified atom stereocenters. The van der Waals surface area contributed by atoms with Crippen LogP contribution >= 0.6 is 0 Å². The molecule has 0 bridgehead atoms. The number of hydrogen-bond donors (Lipinski definition) is 0. The van der Waals surface area contributed by atoms with E-state index in [1.54, 1.807) is 0 Å². The van der Waals surface area contributed by atoms with Gasteiger partial charge in [-0.1, -0.05) is 269 Å². The van der Waals surface area contributed by atoms with Crippen LogP contribution in [0.2, 0.25) is 0 Å². The standard InChI is InChI=1S/C82H68N2/c1-3-5-19-59-33-37-63(38-34-59)65-41-49-73(50-42-65)83(75-53-45-67(46-54-75)71-27-17-25-69(57-71)61-21-9-7-10-22-61)81-79-31-15-13-29-77(79)78-30-14-16-32-80(78)82(81)84(74-51-43-66(44-52-74)64-39-35-60(36-40-64)20-6-4-2)76-55-47-68(48-56-76)72-28-18-26-70(58-72)62-23-11-8-12-24-62/h7-18,21-58H,3-6,19-20H2,1-2H3. The normalized spacial score (nSPS) is 11.3. The van der Waals surface area contributed by atoms with Gasteiger partial charge in [-0.2, -0.15) is 0 Å². The molecule has 0 spiro atoms. The van der Waals surface area contributed by atoms with Crippen LogP contribution in [0.25, 0.3) is 88.3 Å². The molecule has 0 aliphatic rings. The number of hydrogen-bond acceptors (Lipinski definition) is 2. The molecular weight excluding hydrogens is 1010 g/mol. The average molecular weight is 1080 g/mol. The molecule has 406 valence electrons. The Bertz CT molecular complexity index is 4040. The van der Waals surface area contributed by atoms with E-state index in [4.69, 9.17) is 0 Å². The summed E-state index contributed by atoms with van der Waals surface area (Å²) in [6, 6.07) is 112. The highest BCUT2D eigenvalue weighted by atomic mass is 15.2. The maximum Gasteiger partial charge on any atom is 0.0788 e. The van der Waals surface area contributed by atoms with Crippen molar-refractivity contribution in [3.8, 4) is 66.8 Å². The summed E-state index contributed by atoms with van der Waals surface area (Å²) in [7, 11) is 0. The van der Waals surface area contributed by atoms with Gasteiger partial charge in [-0.3, -0.25) is 0 Å². The second-order valence-corrected chi connectivity index (χ2v) is 22.1. The number of fused-ring (bicyclic) bond motifs is 3. The summed E-state index contributed by atoms with van der Waals surface area (Å²) in [5.74, 6) is 0. The lowest BCUT2D eigenvalue weighted by Gasteiger charge is -2.35. The zero-order valence-corrected chi connectivity index (χ0v) is 48.0. The molecule has 13 rings (SSSR count). The molecule has 0 aliphatic heterocycles. The molecule has 0 saturated heterocycles. The third-order valence-corrected chi connectivity index (χ3v) is 16.6. The largest absolute Gasteiger partial charge is 0.308 e. The quantitative estimate of drug-likeness (QED) is 0.0624. The Hall–Kier alpha value is -10.0. The highest BCUT2D eigenvalue weighted by Crippen LogP contribution is 2.54. The molecule has 0 aromatic heterocycles. The molecule has 0 atom stereocenters. The summed E-state index contributed by atoms with van der Waals surface area (Å²) in [5.41, 5.74) is 23.4. The van der Waals surface area contributed by atoms with Gasteiger partial charge in [0.15, 0.2) is 0 Å². The lowest BCUT2D eigenvalue weighted by Crippen LogP contribution is -2.18. The lowest BCUT2D eigenvalue weighted by atomic mass is 9.94. The van der Waals surface area contributed by atoms with Gasteiger partial charge in [0.1, 0.15) is 0 Å². The van der Waals surface area contributed by atoms with Crippen LogP contribution < -0.4 is 9.80 Å². The molecule has 0 fully saturated rings. The monoisotopic (exact) mass is 1080 g/mol. The predicted molar refractivity (Wildman–Crippen MR) is 361 cm³/mol. The van der Waals surface area contributed by atoms with Crippen molar-refractivity contribution >= 4 is 55.7 Å². The summed E-state index contributed by atoms with van der Waals surface area (Å²) in [6.45, 7) is 4.52. The fourth-order valence-corrected chi connectivity index (χ4v) is 12.1. The zero-order valence-electron chi connectivity index (χ0n) is 48.0. The number of aryl methyl sites for hydroxylation is 2.